The van der Waals surface area contributed by atoms with Crippen molar-refractivity contribution in [2.75, 3.05) is 5.88 Å². The molecule has 0 saturated heterocycles. The van der Waals surface area contributed by atoms with E-state index < -0.39 is 11.8 Å². The molecule has 64 valence electrons. The van der Waals surface area contributed by atoms with Crippen molar-refractivity contribution in [2.24, 2.45) is 0 Å². The first-order valence-electron chi connectivity index (χ1n) is 3.02. The van der Waals surface area contributed by atoms with Gasteiger partial charge < -0.3 is 0 Å². The Kier molecular flexibility index (Phi) is 3.19. The Morgan fingerprint density at radius 2 is 2.42 bits per heavy atom. The van der Waals surface area contributed by atoms with Crippen molar-refractivity contribution >= 4 is 34.8 Å². The zero-order valence-electron chi connectivity index (χ0n) is 5.91. The predicted octanol–water partition coefficient (Wildman–Crippen LogP) is 0.638. The van der Waals surface area contributed by atoms with Crippen molar-refractivity contribution in [3.8, 4) is 0 Å². The summed E-state index contributed by atoms with van der Waals surface area (Å²) in [5.74, 6) is -1.18. The zero-order chi connectivity index (χ0) is 8.97. The number of hydrogen-bond donors (Lipinski definition) is 1. The fourth-order valence-electron chi connectivity index (χ4n) is 0.550. The number of nitrogens with zero attached hydrogens (tertiary/aromatic N) is 1. The molecule has 0 bridgehead atoms. The van der Waals surface area contributed by atoms with E-state index in [0.29, 0.717) is 4.88 Å². The average molecular weight is 205 g/mol. The van der Waals surface area contributed by atoms with Crippen LogP contribution >= 0.6 is 22.9 Å². The summed E-state index contributed by atoms with van der Waals surface area (Å²) in [6.45, 7) is 0. The smallest absolute Gasteiger partial charge is 0.269 e. The second-order valence-corrected chi connectivity index (χ2v) is 3.03. The third-order valence-electron chi connectivity index (χ3n) is 1.03. The molecule has 0 fully saturated rings. The Labute approximate surface area is 77.6 Å². The van der Waals surface area contributed by atoms with E-state index in [4.69, 9.17) is 11.6 Å². The topological polar surface area (TPSA) is 59.1 Å². The molecule has 0 aliphatic carbocycles. The van der Waals surface area contributed by atoms with Gasteiger partial charge in [0.1, 0.15) is 10.8 Å². The van der Waals surface area contributed by atoms with E-state index in [1.54, 1.807) is 0 Å². The summed E-state index contributed by atoms with van der Waals surface area (Å²) >= 11 is 6.35. The highest BCUT2D eigenvalue weighted by molar-refractivity contribution is 7.11. The summed E-state index contributed by atoms with van der Waals surface area (Å²) in [4.78, 5) is 25.8. The van der Waals surface area contributed by atoms with Crippen molar-refractivity contribution in [1.82, 2.24) is 10.3 Å². The summed E-state index contributed by atoms with van der Waals surface area (Å²) in [6, 6.07) is 0. The van der Waals surface area contributed by atoms with E-state index in [0.717, 1.165) is 0 Å². The number of hydrogen-bond acceptors (Lipinski definition) is 4. The van der Waals surface area contributed by atoms with Crippen molar-refractivity contribution in [2.45, 2.75) is 0 Å². The molecule has 6 heteroatoms. The maximum Gasteiger partial charge on any atom is 0.269 e. The number of nitrogens with one attached hydrogen (secondary N) is 1. The van der Waals surface area contributed by atoms with Gasteiger partial charge in [-0.25, -0.2) is 0 Å². The largest absolute Gasteiger partial charge is 0.291 e. The molecule has 1 N–H and O–H groups in total. The first-order valence-corrected chi connectivity index (χ1v) is 4.44. The van der Waals surface area contributed by atoms with Gasteiger partial charge in [-0.05, 0) is 0 Å². The lowest BCUT2D eigenvalue weighted by Gasteiger charge is -1.96. The van der Waals surface area contributed by atoms with Crippen LogP contribution in [-0.4, -0.2) is 22.7 Å². The molecule has 0 aliphatic rings. The van der Waals surface area contributed by atoms with Gasteiger partial charge in [0.15, 0.2) is 0 Å². The van der Waals surface area contributed by atoms with Crippen LogP contribution in [-0.2, 0) is 4.79 Å². The van der Waals surface area contributed by atoms with Crippen LogP contribution in [0.1, 0.15) is 9.67 Å². The standard InChI is InChI=1S/C6H5ClN2O2S/c7-1-5(10)9-6(11)4-2-8-3-12-4/h2-3H,1H2,(H,9,10,11). The average Bonchev–Trinajstić information content (AvgIpc) is 2.56. The zero-order valence-corrected chi connectivity index (χ0v) is 7.48. The van der Waals surface area contributed by atoms with Crippen LogP contribution in [0.25, 0.3) is 0 Å². The van der Waals surface area contributed by atoms with E-state index in [-0.39, 0.29) is 5.88 Å². The number of imide groups is 1. The molecule has 2 amide bonds. The molecular weight excluding hydrogens is 200 g/mol. The highest BCUT2D eigenvalue weighted by atomic mass is 35.5. The maximum absolute atomic E-state index is 11.1. The SMILES string of the molecule is O=C(CCl)NC(=O)c1cncs1. The fraction of sp³-hybridized carbons (Fsp3) is 0.167. The fourth-order valence-corrected chi connectivity index (χ4v) is 1.13. The molecule has 0 radical (unpaired) electrons. The molecule has 1 heterocycles. The van der Waals surface area contributed by atoms with Crippen molar-refractivity contribution in [3.05, 3.63) is 16.6 Å². The van der Waals surface area contributed by atoms with E-state index >= 15 is 0 Å². The van der Waals surface area contributed by atoms with E-state index in [9.17, 15) is 9.59 Å². The molecule has 0 aliphatic heterocycles. The van der Waals surface area contributed by atoms with Crippen LogP contribution in [0.5, 0.6) is 0 Å². The Hall–Kier alpha value is -0.940. The number of carbonyl (C=O) groups is 2. The highest BCUT2D eigenvalue weighted by Gasteiger charge is 2.09. The first kappa shape index (κ1) is 9.15. The molecule has 0 aromatic carbocycles. The van der Waals surface area contributed by atoms with Gasteiger partial charge in [-0.15, -0.1) is 22.9 Å². The van der Waals surface area contributed by atoms with Crippen LogP contribution in [0.3, 0.4) is 0 Å². The number of rotatable bonds is 2. The number of alkyl halides is 1. The number of carbonyl (C=O) groups excluding carboxylic acids is 2. The van der Waals surface area contributed by atoms with E-state index in [2.05, 4.69) is 10.3 Å². The molecule has 0 saturated carbocycles. The summed E-state index contributed by atoms with van der Waals surface area (Å²) in [5, 5.41) is 2.09. The third kappa shape index (κ3) is 2.28. The Morgan fingerprint density at radius 3 is 2.92 bits per heavy atom. The minimum Gasteiger partial charge on any atom is -0.291 e. The van der Waals surface area contributed by atoms with Crippen LogP contribution in [0.2, 0.25) is 0 Å². The lowest BCUT2D eigenvalue weighted by Crippen LogP contribution is -2.30. The minimum atomic E-state index is -0.505. The van der Waals surface area contributed by atoms with Crippen LogP contribution in [0.15, 0.2) is 11.7 Å². The highest BCUT2D eigenvalue weighted by Crippen LogP contribution is 2.04. The van der Waals surface area contributed by atoms with Gasteiger partial charge in [0.2, 0.25) is 5.91 Å². The Bertz CT molecular complexity index is 286. The van der Waals surface area contributed by atoms with Gasteiger partial charge >= 0.3 is 0 Å². The van der Waals surface area contributed by atoms with Gasteiger partial charge in [0, 0.05) is 0 Å². The Morgan fingerprint density at radius 1 is 1.67 bits per heavy atom. The van der Waals surface area contributed by atoms with Crippen LogP contribution < -0.4 is 5.32 Å². The summed E-state index contributed by atoms with van der Waals surface area (Å²) in [5.41, 5.74) is 1.51. The van der Waals surface area contributed by atoms with Crippen LogP contribution in [0.4, 0.5) is 0 Å². The summed E-state index contributed by atoms with van der Waals surface area (Å²) in [6.07, 6.45) is 1.39. The summed E-state index contributed by atoms with van der Waals surface area (Å²) < 4.78 is 0. The lowest BCUT2D eigenvalue weighted by atomic mass is 10.5. The second-order valence-electron chi connectivity index (χ2n) is 1.88. The normalized spacial score (nSPS) is 9.42. The predicted molar refractivity (Wildman–Crippen MR) is 45.3 cm³/mol. The molecular formula is C6H5ClN2O2S. The first-order chi connectivity index (χ1) is 5.74. The number of aromatic nitrogens is 1. The molecule has 1 rings (SSSR count). The van der Waals surface area contributed by atoms with Crippen molar-refractivity contribution in [3.63, 3.8) is 0 Å². The lowest BCUT2D eigenvalue weighted by molar-refractivity contribution is -0.117. The molecule has 4 nitrogen and oxygen atoms in total. The summed E-state index contributed by atoms with van der Waals surface area (Å²) in [7, 11) is 0. The van der Waals surface area contributed by atoms with Gasteiger partial charge in [0.05, 0.1) is 11.7 Å². The second kappa shape index (κ2) is 4.18. The van der Waals surface area contributed by atoms with Gasteiger partial charge in [0.25, 0.3) is 5.91 Å². The molecule has 1 aromatic rings. The van der Waals surface area contributed by atoms with Crippen molar-refractivity contribution < 1.29 is 9.59 Å². The van der Waals surface area contributed by atoms with Gasteiger partial charge in [-0.2, -0.15) is 0 Å². The quantitative estimate of drug-likeness (QED) is 0.720. The monoisotopic (exact) mass is 204 g/mol. The minimum absolute atomic E-state index is 0.218. The van der Waals surface area contributed by atoms with Crippen LogP contribution in [0, 0.1) is 0 Å². The number of thiazole rings is 1. The molecule has 0 spiro atoms. The molecule has 0 atom stereocenters. The van der Waals surface area contributed by atoms with E-state index in [1.165, 1.54) is 23.0 Å². The number of amides is 2. The Balaban J connectivity index is 2.56. The number of halogens is 1. The third-order valence-corrected chi connectivity index (χ3v) is 2.05. The van der Waals surface area contributed by atoms with Gasteiger partial charge in [-0.3, -0.25) is 19.9 Å². The van der Waals surface area contributed by atoms with Gasteiger partial charge in [-0.1, -0.05) is 0 Å². The molecule has 1 aromatic heterocycles. The van der Waals surface area contributed by atoms with E-state index in [1.807, 2.05) is 0 Å². The molecule has 0 unspecified atom stereocenters. The van der Waals surface area contributed by atoms with Crippen molar-refractivity contribution in [1.29, 1.82) is 0 Å². The molecule has 12 heavy (non-hydrogen) atoms. The maximum atomic E-state index is 11.1.